The van der Waals surface area contributed by atoms with Gasteiger partial charge >= 0.3 is 5.97 Å². The highest BCUT2D eigenvalue weighted by Gasteiger charge is 2.31. The number of carbonyl (C=O) groups is 1. The summed E-state index contributed by atoms with van der Waals surface area (Å²) in [4.78, 5) is 28.9. The molecule has 0 aromatic carbocycles. The smallest absolute Gasteiger partial charge is 0.309 e. The summed E-state index contributed by atoms with van der Waals surface area (Å²) in [6.07, 6.45) is 3.16. The van der Waals surface area contributed by atoms with Crippen LogP contribution < -0.4 is 5.56 Å². The third-order valence-corrected chi connectivity index (χ3v) is 6.94. The van der Waals surface area contributed by atoms with Crippen LogP contribution in [0.1, 0.15) is 37.4 Å². The number of hydrogen-bond donors (Lipinski definition) is 0. The Hall–Kier alpha value is -2.26. The summed E-state index contributed by atoms with van der Waals surface area (Å²) in [5.41, 5.74) is 1.61. The van der Waals surface area contributed by atoms with E-state index in [0.29, 0.717) is 43.7 Å². The van der Waals surface area contributed by atoms with Gasteiger partial charge in [0.15, 0.2) is 0 Å². The van der Waals surface area contributed by atoms with E-state index < -0.39 is 10.0 Å². The molecule has 0 amide bonds. The van der Waals surface area contributed by atoms with E-state index in [9.17, 15) is 18.0 Å². The average Bonchev–Trinajstić information content (AvgIpc) is 2.67. The Balaban J connectivity index is 1.59. The average molecular weight is 407 g/mol. The zero-order chi connectivity index (χ0) is 20.3. The van der Waals surface area contributed by atoms with Crippen molar-refractivity contribution < 1.29 is 17.9 Å². The maximum atomic E-state index is 12.3. The Kier molecular flexibility index (Phi) is 6.14. The van der Waals surface area contributed by atoms with E-state index in [-0.39, 0.29) is 29.8 Å². The van der Waals surface area contributed by atoms with Gasteiger partial charge in [-0.05, 0) is 37.8 Å². The van der Waals surface area contributed by atoms with E-state index in [0.717, 1.165) is 5.56 Å². The van der Waals surface area contributed by atoms with Crippen LogP contribution >= 0.6 is 0 Å². The number of carbonyl (C=O) groups excluding carboxylic acids is 1. The molecule has 2 aromatic heterocycles. The first-order chi connectivity index (χ1) is 13.3. The first kappa shape index (κ1) is 20.5. The summed E-state index contributed by atoms with van der Waals surface area (Å²) in [5, 5.41) is 0. The Morgan fingerprint density at radius 2 is 2.00 bits per heavy atom. The number of sulfonamides is 1. The molecule has 3 rings (SSSR count). The lowest BCUT2D eigenvalue weighted by atomic mass is 9.98. The highest BCUT2D eigenvalue weighted by Crippen LogP contribution is 2.21. The maximum Gasteiger partial charge on any atom is 0.309 e. The van der Waals surface area contributed by atoms with Crippen molar-refractivity contribution in [1.82, 2.24) is 13.7 Å². The van der Waals surface area contributed by atoms with E-state index in [2.05, 4.69) is 4.98 Å². The number of ether oxygens (including phenoxy) is 1. The molecule has 1 saturated heterocycles. The van der Waals surface area contributed by atoms with Gasteiger partial charge in [-0.1, -0.05) is 13.0 Å². The monoisotopic (exact) mass is 407 g/mol. The molecule has 8 nitrogen and oxygen atoms in total. The van der Waals surface area contributed by atoms with Crippen LogP contribution in [0.5, 0.6) is 0 Å². The molecular weight excluding hydrogens is 382 g/mol. The van der Waals surface area contributed by atoms with E-state index in [1.165, 1.54) is 14.8 Å². The van der Waals surface area contributed by atoms with Gasteiger partial charge in [-0.2, -0.15) is 0 Å². The lowest BCUT2D eigenvalue weighted by Crippen LogP contribution is -2.41. The molecule has 0 bridgehead atoms. The second kappa shape index (κ2) is 8.40. The normalized spacial score (nSPS) is 16.4. The standard InChI is InChI=1S/C19H25N3O5S/c1-3-10-28(25,26)21-8-6-15(7-9-21)19(24)27-13-16-11-18(23)22-12-14(2)4-5-17(22)20-16/h4-5,11-12,15H,3,6-10,13H2,1-2H3. The molecule has 9 heteroatoms. The molecule has 0 aliphatic carbocycles. The summed E-state index contributed by atoms with van der Waals surface area (Å²) < 4.78 is 32.5. The van der Waals surface area contributed by atoms with Crippen molar-refractivity contribution >= 4 is 21.6 Å². The van der Waals surface area contributed by atoms with Crippen LogP contribution in [0.15, 0.2) is 29.2 Å². The molecule has 0 radical (unpaired) electrons. The van der Waals surface area contributed by atoms with Crippen LogP contribution in [-0.2, 0) is 26.2 Å². The highest BCUT2D eigenvalue weighted by molar-refractivity contribution is 7.89. The minimum Gasteiger partial charge on any atom is -0.459 e. The number of piperidine rings is 1. The van der Waals surface area contributed by atoms with Gasteiger partial charge in [-0.3, -0.25) is 14.0 Å². The van der Waals surface area contributed by atoms with E-state index in [1.54, 1.807) is 12.3 Å². The van der Waals surface area contributed by atoms with Gasteiger partial charge in [0.1, 0.15) is 12.3 Å². The largest absolute Gasteiger partial charge is 0.459 e. The number of fused-ring (bicyclic) bond motifs is 1. The molecule has 28 heavy (non-hydrogen) atoms. The zero-order valence-corrected chi connectivity index (χ0v) is 16.9. The molecule has 1 aliphatic rings. The molecule has 2 aromatic rings. The summed E-state index contributed by atoms with van der Waals surface area (Å²) in [5.74, 6) is -0.583. The van der Waals surface area contributed by atoms with Crippen molar-refractivity contribution in [3.8, 4) is 0 Å². The Morgan fingerprint density at radius 3 is 2.68 bits per heavy atom. The van der Waals surface area contributed by atoms with Crippen molar-refractivity contribution in [2.45, 2.75) is 39.7 Å². The summed E-state index contributed by atoms with van der Waals surface area (Å²) in [6, 6.07) is 4.96. The van der Waals surface area contributed by atoms with Crippen LogP contribution in [0.4, 0.5) is 0 Å². The van der Waals surface area contributed by atoms with Gasteiger partial charge in [0, 0.05) is 25.4 Å². The zero-order valence-electron chi connectivity index (χ0n) is 16.1. The summed E-state index contributed by atoms with van der Waals surface area (Å²) >= 11 is 0. The topological polar surface area (TPSA) is 98.0 Å². The minimum absolute atomic E-state index is 0.0766. The minimum atomic E-state index is -3.23. The van der Waals surface area contributed by atoms with Crippen LogP contribution in [0.3, 0.4) is 0 Å². The van der Waals surface area contributed by atoms with Crippen LogP contribution in [0, 0.1) is 12.8 Å². The molecule has 1 aliphatic heterocycles. The fourth-order valence-corrected chi connectivity index (χ4v) is 4.89. The first-order valence-electron chi connectivity index (χ1n) is 9.43. The molecule has 0 unspecified atom stereocenters. The van der Waals surface area contributed by atoms with Crippen molar-refractivity contribution in [3.63, 3.8) is 0 Å². The van der Waals surface area contributed by atoms with Gasteiger partial charge < -0.3 is 4.74 Å². The van der Waals surface area contributed by atoms with Gasteiger partial charge in [-0.25, -0.2) is 17.7 Å². The van der Waals surface area contributed by atoms with Crippen LogP contribution in [0.25, 0.3) is 5.65 Å². The summed E-state index contributed by atoms with van der Waals surface area (Å²) in [6.45, 7) is 4.30. The number of aromatic nitrogens is 2. The lowest BCUT2D eigenvalue weighted by molar-refractivity contribution is -0.151. The Labute approximate surface area is 164 Å². The number of aryl methyl sites for hydroxylation is 1. The third kappa shape index (κ3) is 4.59. The number of nitrogens with zero attached hydrogens (tertiary/aromatic N) is 3. The van der Waals surface area contributed by atoms with Crippen molar-refractivity contribution in [2.75, 3.05) is 18.8 Å². The molecule has 0 atom stereocenters. The van der Waals surface area contributed by atoms with Gasteiger partial charge in [0.2, 0.25) is 10.0 Å². The molecule has 1 fully saturated rings. The predicted molar refractivity (Wildman–Crippen MR) is 104 cm³/mol. The van der Waals surface area contributed by atoms with Crippen LogP contribution in [0.2, 0.25) is 0 Å². The molecular formula is C19H25N3O5S. The molecule has 0 spiro atoms. The molecule has 152 valence electrons. The highest BCUT2D eigenvalue weighted by atomic mass is 32.2. The molecule has 3 heterocycles. The van der Waals surface area contributed by atoms with Gasteiger partial charge in [-0.15, -0.1) is 0 Å². The van der Waals surface area contributed by atoms with Crippen molar-refractivity contribution in [1.29, 1.82) is 0 Å². The third-order valence-electron chi connectivity index (χ3n) is 4.87. The van der Waals surface area contributed by atoms with Crippen LogP contribution in [-0.4, -0.2) is 46.9 Å². The summed E-state index contributed by atoms with van der Waals surface area (Å²) in [7, 11) is -3.23. The molecule has 0 N–H and O–H groups in total. The second-order valence-electron chi connectivity index (χ2n) is 7.12. The van der Waals surface area contributed by atoms with Crippen molar-refractivity contribution in [2.24, 2.45) is 5.92 Å². The van der Waals surface area contributed by atoms with E-state index in [1.807, 2.05) is 19.9 Å². The van der Waals surface area contributed by atoms with Gasteiger partial charge in [0.05, 0.1) is 17.4 Å². The fourth-order valence-electron chi connectivity index (χ4n) is 3.35. The maximum absolute atomic E-state index is 12.3. The fraction of sp³-hybridized carbons (Fsp3) is 0.526. The Bertz CT molecular complexity index is 1020. The number of rotatable bonds is 6. The number of pyridine rings is 1. The van der Waals surface area contributed by atoms with E-state index >= 15 is 0 Å². The van der Waals surface area contributed by atoms with Gasteiger partial charge in [0.25, 0.3) is 5.56 Å². The SMILES string of the molecule is CCCS(=O)(=O)N1CCC(C(=O)OCc2cc(=O)n3cc(C)ccc3n2)CC1. The quantitative estimate of drug-likeness (QED) is 0.673. The number of hydrogen-bond acceptors (Lipinski definition) is 6. The predicted octanol–water partition coefficient (Wildman–Crippen LogP) is 1.50. The molecule has 0 saturated carbocycles. The van der Waals surface area contributed by atoms with Crippen molar-refractivity contribution in [3.05, 3.63) is 46.0 Å². The van der Waals surface area contributed by atoms with E-state index in [4.69, 9.17) is 4.74 Å². The number of esters is 1. The Morgan fingerprint density at radius 1 is 1.29 bits per heavy atom. The lowest BCUT2D eigenvalue weighted by Gasteiger charge is -2.30. The second-order valence-corrected chi connectivity index (χ2v) is 9.21. The first-order valence-corrected chi connectivity index (χ1v) is 11.0.